The van der Waals surface area contributed by atoms with E-state index < -0.39 is 35.3 Å². The van der Waals surface area contributed by atoms with Crippen molar-refractivity contribution in [2.75, 3.05) is 0 Å². The minimum absolute atomic E-state index is 0.0341. The summed E-state index contributed by atoms with van der Waals surface area (Å²) in [6, 6.07) is 20.8. The molecular formula is C27H19F4NO2. The van der Waals surface area contributed by atoms with Crippen LogP contribution in [0.1, 0.15) is 31.8 Å². The van der Waals surface area contributed by atoms with E-state index in [9.17, 15) is 27.2 Å². The van der Waals surface area contributed by atoms with Crippen molar-refractivity contribution in [3.05, 3.63) is 119 Å². The number of nitrogens with one attached hydrogen (secondary N) is 1. The van der Waals surface area contributed by atoms with Gasteiger partial charge in [-0.3, -0.25) is 9.59 Å². The number of Topliss-reactive ketones (excluding diaryl/α,β-unsaturated/α-hetero) is 1. The molecule has 7 heteroatoms. The first kappa shape index (κ1) is 23.2. The summed E-state index contributed by atoms with van der Waals surface area (Å²) in [6.07, 6.45) is -4.51. The largest absolute Gasteiger partial charge is 0.416 e. The minimum Gasteiger partial charge on any atom is -0.342 e. The Hall–Kier alpha value is -4.00. The molecule has 0 aliphatic rings. The van der Waals surface area contributed by atoms with Crippen molar-refractivity contribution in [3.8, 4) is 0 Å². The molecule has 4 rings (SSSR count). The van der Waals surface area contributed by atoms with E-state index in [2.05, 4.69) is 5.32 Å². The fourth-order valence-corrected chi connectivity index (χ4v) is 3.66. The van der Waals surface area contributed by atoms with Crippen molar-refractivity contribution in [1.29, 1.82) is 0 Å². The Labute approximate surface area is 193 Å². The van der Waals surface area contributed by atoms with Crippen molar-refractivity contribution >= 4 is 22.5 Å². The molecule has 1 atom stereocenters. The summed E-state index contributed by atoms with van der Waals surface area (Å²) in [5, 5.41) is 4.49. The summed E-state index contributed by atoms with van der Waals surface area (Å²) in [5.74, 6) is -1.50. The number of hydrogen-bond donors (Lipinski definition) is 1. The van der Waals surface area contributed by atoms with Crippen LogP contribution in [0.5, 0.6) is 0 Å². The highest BCUT2D eigenvalue weighted by atomic mass is 19.4. The molecule has 0 aromatic heterocycles. The molecule has 1 amide bonds. The molecule has 4 aromatic carbocycles. The molecule has 3 nitrogen and oxygen atoms in total. The zero-order chi connectivity index (χ0) is 24.3. The zero-order valence-corrected chi connectivity index (χ0v) is 17.8. The van der Waals surface area contributed by atoms with Gasteiger partial charge in [0, 0.05) is 17.5 Å². The van der Waals surface area contributed by atoms with Crippen LogP contribution in [0.2, 0.25) is 0 Å². The first-order valence-electron chi connectivity index (χ1n) is 10.5. The molecule has 172 valence electrons. The summed E-state index contributed by atoms with van der Waals surface area (Å²) in [4.78, 5) is 26.1. The van der Waals surface area contributed by atoms with Gasteiger partial charge < -0.3 is 5.32 Å². The fourth-order valence-electron chi connectivity index (χ4n) is 3.66. The molecular weight excluding hydrogens is 446 g/mol. The van der Waals surface area contributed by atoms with Gasteiger partial charge in [-0.05, 0) is 64.9 Å². The lowest BCUT2D eigenvalue weighted by atomic mass is 9.96. The van der Waals surface area contributed by atoms with Gasteiger partial charge in [-0.1, -0.05) is 42.5 Å². The lowest BCUT2D eigenvalue weighted by Crippen LogP contribution is -2.42. The van der Waals surface area contributed by atoms with Gasteiger partial charge in [0.25, 0.3) is 5.91 Å². The van der Waals surface area contributed by atoms with Crippen LogP contribution < -0.4 is 5.32 Å². The van der Waals surface area contributed by atoms with Gasteiger partial charge in [-0.25, -0.2) is 4.39 Å². The van der Waals surface area contributed by atoms with E-state index in [1.54, 1.807) is 18.2 Å². The van der Waals surface area contributed by atoms with Crippen LogP contribution in [0.3, 0.4) is 0 Å². The topological polar surface area (TPSA) is 46.2 Å². The van der Waals surface area contributed by atoms with Crippen LogP contribution in [0, 0.1) is 5.82 Å². The maximum absolute atomic E-state index is 13.3. The quantitative estimate of drug-likeness (QED) is 0.271. The summed E-state index contributed by atoms with van der Waals surface area (Å²) >= 11 is 0. The molecule has 0 bridgehead atoms. The van der Waals surface area contributed by atoms with Gasteiger partial charge in [-0.15, -0.1) is 0 Å². The van der Waals surface area contributed by atoms with Gasteiger partial charge in [0.2, 0.25) is 0 Å². The smallest absolute Gasteiger partial charge is 0.342 e. The zero-order valence-electron chi connectivity index (χ0n) is 17.8. The molecule has 1 unspecified atom stereocenters. The van der Waals surface area contributed by atoms with Gasteiger partial charge in [0.05, 0.1) is 11.6 Å². The Kier molecular flexibility index (Phi) is 6.45. The van der Waals surface area contributed by atoms with Crippen LogP contribution in [0.25, 0.3) is 10.8 Å². The maximum Gasteiger partial charge on any atom is 0.416 e. The second-order valence-corrected chi connectivity index (χ2v) is 7.86. The summed E-state index contributed by atoms with van der Waals surface area (Å²) < 4.78 is 52.0. The SMILES string of the molecule is O=C(NC(Cc1ccc(C(F)(F)F)cc1)C(=O)c1ccc(F)cc1)c1ccc2ccccc2c1. The minimum atomic E-state index is -4.48. The molecule has 0 aliphatic heterocycles. The first-order valence-corrected chi connectivity index (χ1v) is 10.5. The fraction of sp³-hybridized carbons (Fsp3) is 0.111. The first-order chi connectivity index (χ1) is 16.2. The second kappa shape index (κ2) is 9.47. The number of rotatable bonds is 6. The van der Waals surface area contributed by atoms with Gasteiger partial charge >= 0.3 is 6.18 Å². The molecule has 0 radical (unpaired) electrons. The molecule has 0 heterocycles. The van der Waals surface area contributed by atoms with Gasteiger partial charge in [0.1, 0.15) is 5.82 Å². The number of alkyl halides is 3. The Balaban J connectivity index is 1.61. The van der Waals surface area contributed by atoms with E-state index >= 15 is 0 Å². The predicted octanol–water partition coefficient (Wildman–Crippen LogP) is 6.22. The average molecular weight is 465 g/mol. The number of ketones is 1. The molecule has 0 aliphatic carbocycles. The Bertz CT molecular complexity index is 1330. The molecule has 34 heavy (non-hydrogen) atoms. The molecule has 0 spiro atoms. The molecule has 0 saturated heterocycles. The van der Waals surface area contributed by atoms with Crippen molar-refractivity contribution < 1.29 is 27.2 Å². The summed E-state index contributed by atoms with van der Waals surface area (Å²) in [7, 11) is 0. The number of hydrogen-bond acceptors (Lipinski definition) is 2. The van der Waals surface area contributed by atoms with E-state index in [4.69, 9.17) is 0 Å². The number of halogens is 4. The third-order valence-electron chi connectivity index (χ3n) is 5.48. The van der Waals surface area contributed by atoms with E-state index in [-0.39, 0.29) is 12.0 Å². The van der Waals surface area contributed by atoms with Crippen LogP contribution in [0.4, 0.5) is 17.6 Å². The predicted molar refractivity (Wildman–Crippen MR) is 121 cm³/mol. The highest BCUT2D eigenvalue weighted by Crippen LogP contribution is 2.29. The third-order valence-corrected chi connectivity index (χ3v) is 5.48. The maximum atomic E-state index is 13.3. The van der Waals surface area contributed by atoms with Crippen molar-refractivity contribution in [2.24, 2.45) is 0 Å². The van der Waals surface area contributed by atoms with Crippen molar-refractivity contribution in [1.82, 2.24) is 5.32 Å². The van der Waals surface area contributed by atoms with Crippen molar-refractivity contribution in [2.45, 2.75) is 18.6 Å². The van der Waals surface area contributed by atoms with Crippen LogP contribution in [-0.2, 0) is 12.6 Å². The van der Waals surface area contributed by atoms with Crippen LogP contribution >= 0.6 is 0 Å². The highest BCUT2D eigenvalue weighted by Gasteiger charge is 2.30. The normalized spacial score (nSPS) is 12.4. The van der Waals surface area contributed by atoms with E-state index in [0.717, 1.165) is 35.0 Å². The van der Waals surface area contributed by atoms with E-state index in [0.29, 0.717) is 11.1 Å². The molecule has 4 aromatic rings. The monoisotopic (exact) mass is 465 g/mol. The molecule has 1 N–H and O–H groups in total. The standard InChI is InChI=1S/C27H19F4NO2/c28-23-13-9-19(10-14-23)25(33)24(15-17-5-11-22(12-6-17)27(29,30)31)32-26(34)21-8-7-18-3-1-2-4-20(18)16-21/h1-14,16,24H,15H2,(H,32,34). The lowest BCUT2D eigenvalue weighted by molar-refractivity contribution is -0.137. The van der Waals surface area contributed by atoms with Gasteiger partial charge in [0.15, 0.2) is 5.78 Å². The number of benzene rings is 4. The van der Waals surface area contributed by atoms with Gasteiger partial charge in [-0.2, -0.15) is 13.2 Å². The summed E-state index contributed by atoms with van der Waals surface area (Å²) in [6.45, 7) is 0. The number of carbonyl (C=O) groups excluding carboxylic acids is 2. The van der Waals surface area contributed by atoms with E-state index in [1.807, 2.05) is 24.3 Å². The van der Waals surface area contributed by atoms with Crippen LogP contribution in [0.15, 0.2) is 91.0 Å². The highest BCUT2D eigenvalue weighted by molar-refractivity contribution is 6.05. The van der Waals surface area contributed by atoms with Crippen LogP contribution in [-0.4, -0.2) is 17.7 Å². The van der Waals surface area contributed by atoms with E-state index in [1.165, 1.54) is 24.3 Å². The second-order valence-electron chi connectivity index (χ2n) is 7.86. The number of amides is 1. The summed E-state index contributed by atoms with van der Waals surface area (Å²) in [5.41, 5.74) is 0.144. The number of fused-ring (bicyclic) bond motifs is 1. The lowest BCUT2D eigenvalue weighted by Gasteiger charge is -2.19. The Morgan fingerprint density at radius 2 is 1.38 bits per heavy atom. The average Bonchev–Trinajstić information content (AvgIpc) is 2.83. The molecule has 0 fully saturated rings. The van der Waals surface area contributed by atoms with Crippen molar-refractivity contribution in [3.63, 3.8) is 0 Å². The Morgan fingerprint density at radius 3 is 2.03 bits per heavy atom. The molecule has 0 saturated carbocycles. The Morgan fingerprint density at radius 1 is 0.765 bits per heavy atom. The number of carbonyl (C=O) groups is 2. The third kappa shape index (κ3) is 5.31.